The van der Waals surface area contributed by atoms with Gasteiger partial charge in [-0.15, -0.1) is 0 Å². The highest BCUT2D eigenvalue weighted by atomic mass is 16.5. The summed E-state index contributed by atoms with van der Waals surface area (Å²) in [6, 6.07) is 12.6. The number of rotatable bonds is 3. The molecule has 0 aromatic heterocycles. The molecule has 0 radical (unpaired) electrons. The fraction of sp³-hybridized carbons (Fsp3) is 0.348. The molecule has 0 saturated heterocycles. The number of nitrogens with zero attached hydrogens (tertiary/aromatic N) is 1. The van der Waals surface area contributed by atoms with Gasteiger partial charge in [0.2, 0.25) is 5.78 Å². The van der Waals surface area contributed by atoms with Crippen LogP contribution in [0, 0.1) is 0 Å². The molecule has 2 aromatic carbocycles. The van der Waals surface area contributed by atoms with Gasteiger partial charge < -0.3 is 9.47 Å². The second-order valence-corrected chi connectivity index (χ2v) is 7.93. The van der Waals surface area contributed by atoms with Crippen molar-refractivity contribution in [3.8, 4) is 11.5 Å². The van der Waals surface area contributed by atoms with E-state index in [1.165, 1.54) is 18.4 Å². The zero-order chi connectivity index (χ0) is 18.5. The van der Waals surface area contributed by atoms with Gasteiger partial charge in [-0.3, -0.25) is 9.69 Å². The fourth-order valence-electron chi connectivity index (χ4n) is 3.78. The van der Waals surface area contributed by atoms with Crippen LogP contribution in [0.3, 0.4) is 0 Å². The number of carbonyl (C=O) groups is 1. The predicted molar refractivity (Wildman–Crippen MR) is 104 cm³/mol. The lowest BCUT2D eigenvalue weighted by molar-refractivity contribution is 0.0868. The molecule has 0 atom stereocenters. The lowest BCUT2D eigenvalue weighted by atomic mass is 10.0. The zero-order valence-electron chi connectivity index (χ0n) is 15.7. The number of carbonyl (C=O) groups excluding carboxylic acids is 1. The number of fused-ring (bicyclic) bond motifs is 3. The minimum Gasteiger partial charge on any atom is -0.478 e. The molecule has 0 amide bonds. The van der Waals surface area contributed by atoms with Crippen LogP contribution in [0.4, 0.5) is 0 Å². The minimum atomic E-state index is -0.0516. The summed E-state index contributed by atoms with van der Waals surface area (Å²) in [5.41, 5.74) is 3.89. The fourth-order valence-corrected chi connectivity index (χ4v) is 3.78. The zero-order valence-corrected chi connectivity index (χ0v) is 15.7. The molecule has 0 N–H and O–H groups in total. The highest BCUT2D eigenvalue weighted by Crippen LogP contribution is 2.43. The van der Waals surface area contributed by atoms with E-state index < -0.39 is 0 Å². The molecule has 0 bridgehead atoms. The average Bonchev–Trinajstić information content (AvgIpc) is 3.48. The van der Waals surface area contributed by atoms with Gasteiger partial charge in [-0.25, -0.2) is 0 Å². The SMILES string of the molecule is CC(C)c1ccc(/C=C2\Oc3c(ccc4c3CN(C3CC3)CO4)C2=O)cc1. The van der Waals surface area contributed by atoms with Crippen LogP contribution < -0.4 is 9.47 Å². The third-order valence-electron chi connectivity index (χ3n) is 5.61. The van der Waals surface area contributed by atoms with Gasteiger partial charge in [-0.05, 0) is 48.1 Å². The maximum Gasteiger partial charge on any atom is 0.231 e. The summed E-state index contributed by atoms with van der Waals surface area (Å²) in [7, 11) is 0. The maximum atomic E-state index is 12.8. The van der Waals surface area contributed by atoms with Crippen molar-refractivity contribution in [3.63, 3.8) is 0 Å². The summed E-state index contributed by atoms with van der Waals surface area (Å²) >= 11 is 0. The van der Waals surface area contributed by atoms with Gasteiger partial charge in [-0.1, -0.05) is 38.1 Å². The Morgan fingerprint density at radius 2 is 1.89 bits per heavy atom. The molecule has 3 aliphatic rings. The van der Waals surface area contributed by atoms with Crippen LogP contribution in [0.2, 0.25) is 0 Å². The lowest BCUT2D eigenvalue weighted by Gasteiger charge is -2.29. The summed E-state index contributed by atoms with van der Waals surface area (Å²) in [5.74, 6) is 2.33. The predicted octanol–water partition coefficient (Wildman–Crippen LogP) is 4.74. The van der Waals surface area contributed by atoms with Crippen LogP contribution in [0.15, 0.2) is 42.2 Å². The van der Waals surface area contributed by atoms with Crippen LogP contribution in [0.25, 0.3) is 6.08 Å². The largest absolute Gasteiger partial charge is 0.478 e. The van der Waals surface area contributed by atoms with Crippen molar-refractivity contribution >= 4 is 11.9 Å². The molecule has 4 heteroatoms. The second kappa shape index (κ2) is 6.24. The second-order valence-electron chi connectivity index (χ2n) is 7.93. The monoisotopic (exact) mass is 361 g/mol. The quantitative estimate of drug-likeness (QED) is 0.740. The van der Waals surface area contributed by atoms with E-state index >= 15 is 0 Å². The smallest absolute Gasteiger partial charge is 0.231 e. The highest BCUT2D eigenvalue weighted by Gasteiger charge is 2.37. The van der Waals surface area contributed by atoms with Gasteiger partial charge in [0.05, 0.1) is 11.1 Å². The van der Waals surface area contributed by atoms with E-state index in [9.17, 15) is 4.79 Å². The van der Waals surface area contributed by atoms with Gasteiger partial charge in [0.15, 0.2) is 5.76 Å². The number of Topliss-reactive ketones (excluding diaryl/α,β-unsaturated/α-hetero) is 1. The highest BCUT2D eigenvalue weighted by molar-refractivity contribution is 6.15. The molecule has 138 valence electrons. The van der Waals surface area contributed by atoms with Crippen molar-refractivity contribution in [1.29, 1.82) is 0 Å². The van der Waals surface area contributed by atoms with Gasteiger partial charge in [-0.2, -0.15) is 0 Å². The molecular formula is C23H23NO3. The van der Waals surface area contributed by atoms with Gasteiger partial charge >= 0.3 is 0 Å². The third kappa shape index (κ3) is 2.94. The summed E-state index contributed by atoms with van der Waals surface area (Å²) in [4.78, 5) is 15.2. The van der Waals surface area contributed by atoms with E-state index in [2.05, 4.69) is 30.9 Å². The molecule has 1 fully saturated rings. The van der Waals surface area contributed by atoms with Crippen molar-refractivity contribution in [2.24, 2.45) is 0 Å². The number of ether oxygens (including phenoxy) is 2. The summed E-state index contributed by atoms with van der Waals surface area (Å²) in [5, 5.41) is 0. The van der Waals surface area contributed by atoms with Crippen LogP contribution in [0.5, 0.6) is 11.5 Å². The molecule has 2 aliphatic heterocycles. The Labute approximate surface area is 159 Å². The number of benzene rings is 2. The first-order chi connectivity index (χ1) is 13.1. The van der Waals surface area contributed by atoms with E-state index in [-0.39, 0.29) is 5.78 Å². The van der Waals surface area contributed by atoms with Crippen molar-refractivity contribution < 1.29 is 14.3 Å². The van der Waals surface area contributed by atoms with Crippen LogP contribution >= 0.6 is 0 Å². The van der Waals surface area contributed by atoms with Gasteiger partial charge in [0, 0.05) is 12.6 Å². The number of hydrogen-bond donors (Lipinski definition) is 0. The minimum absolute atomic E-state index is 0.0516. The first-order valence-electron chi connectivity index (χ1n) is 9.67. The lowest BCUT2D eigenvalue weighted by Crippen LogP contribution is -2.33. The normalized spacial score (nSPS) is 20.4. The summed E-state index contributed by atoms with van der Waals surface area (Å²) in [6.07, 6.45) is 4.29. The van der Waals surface area contributed by atoms with Crippen molar-refractivity contribution in [1.82, 2.24) is 4.90 Å². The summed E-state index contributed by atoms with van der Waals surface area (Å²) in [6.45, 7) is 5.75. The van der Waals surface area contributed by atoms with E-state index in [1.54, 1.807) is 0 Å². The molecule has 1 aliphatic carbocycles. The molecule has 1 saturated carbocycles. The van der Waals surface area contributed by atoms with Crippen molar-refractivity contribution in [2.75, 3.05) is 6.73 Å². The summed E-state index contributed by atoms with van der Waals surface area (Å²) < 4.78 is 12.0. The number of allylic oxidation sites excluding steroid dienone is 1. The molecule has 0 unspecified atom stereocenters. The molecule has 2 aromatic rings. The molecule has 2 heterocycles. The Morgan fingerprint density at radius 3 is 2.59 bits per heavy atom. The van der Waals surface area contributed by atoms with Crippen LogP contribution in [-0.2, 0) is 6.54 Å². The Balaban J connectivity index is 1.45. The Morgan fingerprint density at radius 1 is 1.11 bits per heavy atom. The Bertz CT molecular complexity index is 939. The Kier molecular flexibility index (Phi) is 3.83. The molecular weight excluding hydrogens is 338 g/mol. The standard InChI is InChI=1S/C23H23NO3/c1-14(2)16-5-3-15(4-6-16)11-21-22(25)18-9-10-20-19(23(18)27-21)12-24(13-26-20)17-7-8-17/h3-6,9-11,14,17H,7-8,12-13H2,1-2H3/b21-11-. The van der Waals surface area contributed by atoms with Crippen molar-refractivity contribution in [3.05, 3.63) is 64.4 Å². The van der Waals surface area contributed by atoms with Gasteiger partial charge in [0.25, 0.3) is 0 Å². The topological polar surface area (TPSA) is 38.8 Å². The first-order valence-corrected chi connectivity index (χ1v) is 9.67. The molecule has 5 rings (SSSR count). The van der Waals surface area contributed by atoms with Gasteiger partial charge in [0.1, 0.15) is 18.2 Å². The van der Waals surface area contributed by atoms with Crippen molar-refractivity contribution in [2.45, 2.75) is 45.2 Å². The van der Waals surface area contributed by atoms with E-state index in [1.807, 2.05) is 30.3 Å². The Hall–Kier alpha value is -2.59. The van der Waals surface area contributed by atoms with E-state index in [0.29, 0.717) is 35.8 Å². The van der Waals surface area contributed by atoms with Crippen LogP contribution in [-0.4, -0.2) is 23.5 Å². The van der Waals surface area contributed by atoms with E-state index in [0.717, 1.165) is 23.4 Å². The maximum absolute atomic E-state index is 12.8. The first kappa shape index (κ1) is 16.6. The number of ketones is 1. The molecule has 4 nitrogen and oxygen atoms in total. The number of hydrogen-bond acceptors (Lipinski definition) is 4. The third-order valence-corrected chi connectivity index (χ3v) is 5.61. The molecule has 0 spiro atoms. The molecule has 27 heavy (non-hydrogen) atoms. The average molecular weight is 361 g/mol. The van der Waals surface area contributed by atoms with Crippen LogP contribution in [0.1, 0.15) is 59.7 Å². The van der Waals surface area contributed by atoms with E-state index in [4.69, 9.17) is 9.47 Å².